The number of ketones is 1. The van der Waals surface area contributed by atoms with Crippen molar-refractivity contribution < 1.29 is 26.4 Å². The number of benzene rings is 2. The van der Waals surface area contributed by atoms with Gasteiger partial charge in [0, 0.05) is 37.4 Å². The summed E-state index contributed by atoms with van der Waals surface area (Å²) in [6, 6.07) is 12.3. The highest BCUT2D eigenvalue weighted by Gasteiger charge is 2.28. The quantitative estimate of drug-likeness (QED) is 0.531. The summed E-state index contributed by atoms with van der Waals surface area (Å²) in [5, 5.41) is 3.00. The Kier molecular flexibility index (Phi) is 7.92. The number of hydrogen-bond acceptors (Lipinski definition) is 7. The molecule has 2 aliphatic rings. The number of sulfonamides is 2. The monoisotopic (exact) mass is 521 g/mol. The van der Waals surface area contributed by atoms with E-state index in [0.29, 0.717) is 56.6 Å². The van der Waals surface area contributed by atoms with Crippen LogP contribution in [0.15, 0.2) is 58.3 Å². The molecule has 0 aliphatic carbocycles. The molecule has 35 heavy (non-hydrogen) atoms. The highest BCUT2D eigenvalue weighted by Crippen LogP contribution is 2.24. The molecular weight excluding hydrogens is 490 g/mol. The minimum absolute atomic E-state index is 0.00826. The number of ether oxygens (including phenoxy) is 1. The van der Waals surface area contributed by atoms with Crippen molar-refractivity contribution >= 4 is 31.5 Å². The minimum atomic E-state index is -3.57. The van der Waals surface area contributed by atoms with E-state index < -0.39 is 20.0 Å². The molecule has 190 valence electrons. The molecule has 4 rings (SSSR count). The molecule has 9 nitrogen and oxygen atoms in total. The Labute approximate surface area is 207 Å². The fourth-order valence-electron chi connectivity index (χ4n) is 4.15. The third-order valence-electron chi connectivity index (χ3n) is 6.47. The molecule has 0 bridgehead atoms. The standard InChI is InChI=1S/C24H31N3O6S2/c1-19-10-12-26(13-11-19)34(29,30)22-6-2-20(3-7-22)24(28)18-25-21-4-8-23(9-5-21)35(31,32)27-14-16-33-17-15-27/h2-9,19,25H,10-18H2,1H3. The number of anilines is 1. The molecule has 2 aliphatic heterocycles. The van der Waals surface area contributed by atoms with Crippen molar-refractivity contribution in [2.24, 2.45) is 5.92 Å². The molecule has 0 unspecified atom stereocenters. The van der Waals surface area contributed by atoms with Crippen LogP contribution in [0, 0.1) is 5.92 Å². The maximum absolute atomic E-state index is 12.9. The number of Topliss-reactive ketones (excluding diaryl/α,β-unsaturated/α-hetero) is 1. The van der Waals surface area contributed by atoms with Gasteiger partial charge in [-0.25, -0.2) is 16.8 Å². The molecular formula is C24H31N3O6S2. The first-order valence-electron chi connectivity index (χ1n) is 11.7. The first kappa shape index (κ1) is 25.8. The van der Waals surface area contributed by atoms with Crippen molar-refractivity contribution in [3.63, 3.8) is 0 Å². The molecule has 0 aromatic heterocycles. The van der Waals surface area contributed by atoms with E-state index in [9.17, 15) is 21.6 Å². The zero-order chi connectivity index (χ0) is 25.1. The lowest BCUT2D eigenvalue weighted by Gasteiger charge is -2.29. The molecule has 0 radical (unpaired) electrons. The molecule has 2 aromatic rings. The summed E-state index contributed by atoms with van der Waals surface area (Å²) in [5.74, 6) is 0.324. The molecule has 2 aromatic carbocycles. The number of hydrogen-bond donors (Lipinski definition) is 1. The van der Waals surface area contributed by atoms with Crippen LogP contribution in [-0.4, -0.2) is 77.2 Å². The molecule has 0 spiro atoms. The van der Waals surface area contributed by atoms with E-state index in [-0.39, 0.29) is 22.1 Å². The Balaban J connectivity index is 1.34. The SMILES string of the molecule is CC1CCN(S(=O)(=O)c2ccc(C(=O)CNc3ccc(S(=O)(=O)N4CCOCC4)cc3)cc2)CC1. The van der Waals surface area contributed by atoms with Crippen LogP contribution >= 0.6 is 0 Å². The number of piperidine rings is 1. The molecule has 11 heteroatoms. The second-order valence-electron chi connectivity index (χ2n) is 8.93. The average molecular weight is 522 g/mol. The summed E-state index contributed by atoms with van der Waals surface area (Å²) in [4.78, 5) is 13.0. The van der Waals surface area contributed by atoms with E-state index in [0.717, 1.165) is 12.8 Å². The topological polar surface area (TPSA) is 113 Å². The summed E-state index contributed by atoms with van der Waals surface area (Å²) in [7, 11) is -7.13. The van der Waals surface area contributed by atoms with Gasteiger partial charge < -0.3 is 10.1 Å². The molecule has 2 heterocycles. The minimum Gasteiger partial charge on any atom is -0.379 e. The summed E-state index contributed by atoms with van der Waals surface area (Å²) in [6.07, 6.45) is 1.70. The molecule has 0 saturated carbocycles. The molecule has 2 fully saturated rings. The Morgan fingerprint density at radius 2 is 1.31 bits per heavy atom. The van der Waals surface area contributed by atoms with Crippen LogP contribution < -0.4 is 5.32 Å². The first-order valence-corrected chi connectivity index (χ1v) is 14.6. The number of nitrogens with zero attached hydrogens (tertiary/aromatic N) is 2. The largest absolute Gasteiger partial charge is 0.379 e. The van der Waals surface area contributed by atoms with Gasteiger partial charge in [-0.2, -0.15) is 8.61 Å². The van der Waals surface area contributed by atoms with E-state index in [4.69, 9.17) is 4.74 Å². The Hall–Kier alpha value is -2.31. The van der Waals surface area contributed by atoms with Crippen molar-refractivity contribution in [3.8, 4) is 0 Å². The van der Waals surface area contributed by atoms with E-state index >= 15 is 0 Å². The average Bonchev–Trinajstić information content (AvgIpc) is 2.88. The van der Waals surface area contributed by atoms with E-state index in [1.54, 1.807) is 12.1 Å². The highest BCUT2D eigenvalue weighted by molar-refractivity contribution is 7.89. The number of morpholine rings is 1. The summed E-state index contributed by atoms with van der Waals surface area (Å²) >= 11 is 0. The first-order chi connectivity index (χ1) is 16.7. The van der Waals surface area contributed by atoms with Gasteiger partial charge in [-0.15, -0.1) is 0 Å². The second-order valence-corrected chi connectivity index (χ2v) is 12.8. The lowest BCUT2D eigenvalue weighted by atomic mass is 10.0. The van der Waals surface area contributed by atoms with Crippen LogP contribution in [0.3, 0.4) is 0 Å². The normalized spacial score (nSPS) is 18.9. The number of nitrogens with one attached hydrogen (secondary N) is 1. The zero-order valence-electron chi connectivity index (χ0n) is 19.7. The van der Waals surface area contributed by atoms with Crippen molar-refractivity contribution in [1.29, 1.82) is 0 Å². The fourth-order valence-corrected chi connectivity index (χ4v) is 7.03. The van der Waals surface area contributed by atoms with Gasteiger partial charge in [0.15, 0.2) is 5.78 Å². The van der Waals surface area contributed by atoms with Gasteiger partial charge >= 0.3 is 0 Å². The lowest BCUT2D eigenvalue weighted by Crippen LogP contribution is -2.40. The highest BCUT2D eigenvalue weighted by atomic mass is 32.2. The number of carbonyl (C=O) groups excluding carboxylic acids is 1. The van der Waals surface area contributed by atoms with Gasteiger partial charge in [0.05, 0.1) is 29.5 Å². The Morgan fingerprint density at radius 3 is 1.86 bits per heavy atom. The van der Waals surface area contributed by atoms with Gasteiger partial charge in [0.2, 0.25) is 20.0 Å². The van der Waals surface area contributed by atoms with Crippen LogP contribution in [0.25, 0.3) is 0 Å². The lowest BCUT2D eigenvalue weighted by molar-refractivity contribution is 0.0730. The fraction of sp³-hybridized carbons (Fsp3) is 0.458. The van der Waals surface area contributed by atoms with Gasteiger partial charge in [-0.05, 0) is 67.3 Å². The van der Waals surface area contributed by atoms with Crippen molar-refractivity contribution in [3.05, 3.63) is 54.1 Å². The summed E-state index contributed by atoms with van der Waals surface area (Å²) in [6.45, 7) is 4.56. The van der Waals surface area contributed by atoms with Crippen LogP contribution in [0.1, 0.15) is 30.1 Å². The predicted molar refractivity (Wildman–Crippen MR) is 132 cm³/mol. The number of rotatable bonds is 8. The third kappa shape index (κ3) is 5.92. The summed E-state index contributed by atoms with van der Waals surface area (Å²) in [5.41, 5.74) is 1.01. The van der Waals surface area contributed by atoms with Crippen molar-refractivity contribution in [2.45, 2.75) is 29.6 Å². The van der Waals surface area contributed by atoms with Crippen LogP contribution in [-0.2, 0) is 24.8 Å². The van der Waals surface area contributed by atoms with Gasteiger partial charge in [0.25, 0.3) is 0 Å². The van der Waals surface area contributed by atoms with Crippen LogP contribution in [0.2, 0.25) is 0 Å². The number of carbonyl (C=O) groups is 1. The maximum Gasteiger partial charge on any atom is 0.243 e. The van der Waals surface area contributed by atoms with E-state index in [1.165, 1.54) is 45.0 Å². The van der Waals surface area contributed by atoms with Crippen LogP contribution in [0.5, 0.6) is 0 Å². The third-order valence-corrected chi connectivity index (χ3v) is 10.3. The zero-order valence-corrected chi connectivity index (χ0v) is 21.4. The Bertz CT molecular complexity index is 1230. The smallest absolute Gasteiger partial charge is 0.243 e. The Morgan fingerprint density at radius 1 is 0.829 bits per heavy atom. The van der Waals surface area contributed by atoms with Gasteiger partial charge in [0.1, 0.15) is 0 Å². The maximum atomic E-state index is 12.9. The molecule has 0 atom stereocenters. The summed E-state index contributed by atoms with van der Waals surface area (Å²) < 4.78 is 59.3. The van der Waals surface area contributed by atoms with Crippen molar-refractivity contribution in [1.82, 2.24) is 8.61 Å². The van der Waals surface area contributed by atoms with Gasteiger partial charge in [-0.1, -0.05) is 6.92 Å². The molecule has 1 N–H and O–H groups in total. The van der Waals surface area contributed by atoms with Gasteiger partial charge in [-0.3, -0.25) is 4.79 Å². The van der Waals surface area contributed by atoms with E-state index in [1.807, 2.05) is 0 Å². The van der Waals surface area contributed by atoms with Crippen LogP contribution in [0.4, 0.5) is 5.69 Å². The molecule has 0 amide bonds. The molecule has 2 saturated heterocycles. The van der Waals surface area contributed by atoms with Crippen molar-refractivity contribution in [2.75, 3.05) is 51.3 Å². The second kappa shape index (κ2) is 10.8. The van der Waals surface area contributed by atoms with E-state index in [2.05, 4.69) is 12.2 Å². The predicted octanol–water partition coefficient (Wildman–Crippen LogP) is 2.42.